The van der Waals surface area contributed by atoms with E-state index in [0.29, 0.717) is 13.0 Å². The van der Waals surface area contributed by atoms with Gasteiger partial charge in [0.2, 0.25) is 0 Å². The van der Waals surface area contributed by atoms with Gasteiger partial charge in [0.25, 0.3) is 0 Å². The van der Waals surface area contributed by atoms with E-state index < -0.39 is 0 Å². The van der Waals surface area contributed by atoms with Crippen molar-refractivity contribution >= 4 is 0 Å². The van der Waals surface area contributed by atoms with E-state index in [-0.39, 0.29) is 18.0 Å². The molecule has 0 amide bonds. The number of aliphatic hydroxyl groups excluding tert-OH is 1. The maximum absolute atomic E-state index is 13.0. The minimum absolute atomic E-state index is 0.154. The van der Waals surface area contributed by atoms with Crippen molar-refractivity contribution in [3.63, 3.8) is 0 Å². The van der Waals surface area contributed by atoms with Crippen LogP contribution in [0.1, 0.15) is 18.0 Å². The minimum Gasteiger partial charge on any atom is -0.392 e. The Morgan fingerprint density at radius 2 is 2.05 bits per heavy atom. The Balaban J connectivity index is 1.69. The molecule has 1 aromatic carbocycles. The van der Waals surface area contributed by atoms with Crippen molar-refractivity contribution in [3.8, 4) is 0 Å². The number of aromatic nitrogens is 2. The van der Waals surface area contributed by atoms with E-state index in [1.54, 1.807) is 18.3 Å². The lowest BCUT2D eigenvalue weighted by atomic mass is 10.0. The molecule has 3 rings (SSSR count). The number of likely N-dealkylation sites (tertiary alicyclic amines) is 1. The fourth-order valence-electron chi connectivity index (χ4n) is 2.82. The van der Waals surface area contributed by atoms with Crippen LogP contribution in [0.3, 0.4) is 0 Å². The largest absolute Gasteiger partial charge is 0.392 e. The van der Waals surface area contributed by atoms with Gasteiger partial charge in [0.05, 0.1) is 12.6 Å². The average molecular weight is 275 g/mol. The molecular weight excluding hydrogens is 257 g/mol. The third-order valence-electron chi connectivity index (χ3n) is 3.81. The number of nitrogens with zero attached hydrogens (tertiary/aromatic N) is 3. The number of hydrogen-bond donors (Lipinski definition) is 1. The molecule has 2 atom stereocenters. The Labute approximate surface area is 117 Å². The number of aliphatic hydroxyl groups is 1. The van der Waals surface area contributed by atoms with E-state index in [2.05, 4.69) is 10.00 Å². The van der Waals surface area contributed by atoms with Crippen molar-refractivity contribution in [2.24, 2.45) is 0 Å². The first-order chi connectivity index (χ1) is 9.72. The summed E-state index contributed by atoms with van der Waals surface area (Å²) in [6.45, 7) is 2.27. The van der Waals surface area contributed by atoms with Crippen LogP contribution in [0.25, 0.3) is 0 Å². The van der Waals surface area contributed by atoms with Crippen LogP contribution >= 0.6 is 0 Å². The van der Waals surface area contributed by atoms with Gasteiger partial charge >= 0.3 is 0 Å². The first-order valence-corrected chi connectivity index (χ1v) is 6.87. The SMILES string of the molecule is O[C@@H]1C[C@@H](c2ccc(F)cc2)N(CCn2cccn2)C1. The van der Waals surface area contributed by atoms with E-state index in [1.165, 1.54) is 12.1 Å². The summed E-state index contributed by atoms with van der Waals surface area (Å²) in [5.74, 6) is -0.226. The lowest BCUT2D eigenvalue weighted by Crippen LogP contribution is -2.28. The lowest BCUT2D eigenvalue weighted by Gasteiger charge is -2.24. The summed E-state index contributed by atoms with van der Waals surface area (Å²) in [5, 5.41) is 14.1. The Hall–Kier alpha value is -1.72. The molecule has 0 radical (unpaired) electrons. The first kappa shape index (κ1) is 13.3. The molecule has 0 unspecified atom stereocenters. The fourth-order valence-corrected chi connectivity index (χ4v) is 2.82. The summed E-state index contributed by atoms with van der Waals surface area (Å²) in [4.78, 5) is 2.24. The van der Waals surface area contributed by atoms with Gasteiger partial charge in [-0.15, -0.1) is 0 Å². The van der Waals surface area contributed by atoms with Crippen LogP contribution in [0.5, 0.6) is 0 Å². The van der Waals surface area contributed by atoms with Gasteiger partial charge in [-0.1, -0.05) is 12.1 Å². The van der Waals surface area contributed by atoms with Gasteiger partial charge in [-0.3, -0.25) is 9.58 Å². The molecule has 0 aliphatic carbocycles. The highest BCUT2D eigenvalue weighted by Crippen LogP contribution is 2.31. The Bertz CT molecular complexity index is 541. The van der Waals surface area contributed by atoms with Gasteiger partial charge in [-0.25, -0.2) is 4.39 Å². The molecule has 4 nitrogen and oxygen atoms in total. The van der Waals surface area contributed by atoms with Gasteiger partial charge in [0.15, 0.2) is 0 Å². The molecule has 1 aliphatic heterocycles. The zero-order chi connectivity index (χ0) is 13.9. The van der Waals surface area contributed by atoms with Crippen molar-refractivity contribution in [1.82, 2.24) is 14.7 Å². The van der Waals surface area contributed by atoms with Crippen LogP contribution in [0.2, 0.25) is 0 Å². The molecule has 2 heterocycles. The van der Waals surface area contributed by atoms with Gasteiger partial charge in [-0.2, -0.15) is 5.10 Å². The Morgan fingerprint density at radius 3 is 2.75 bits per heavy atom. The quantitative estimate of drug-likeness (QED) is 0.925. The molecule has 2 aromatic rings. The zero-order valence-electron chi connectivity index (χ0n) is 11.2. The molecule has 0 bridgehead atoms. The van der Waals surface area contributed by atoms with Crippen LogP contribution in [-0.2, 0) is 6.54 Å². The van der Waals surface area contributed by atoms with Crippen LogP contribution in [0.15, 0.2) is 42.7 Å². The van der Waals surface area contributed by atoms with Crippen molar-refractivity contribution in [2.45, 2.75) is 25.1 Å². The normalized spacial score (nSPS) is 23.3. The topological polar surface area (TPSA) is 41.3 Å². The monoisotopic (exact) mass is 275 g/mol. The third kappa shape index (κ3) is 2.89. The van der Waals surface area contributed by atoms with E-state index in [4.69, 9.17) is 0 Å². The van der Waals surface area contributed by atoms with Crippen LogP contribution < -0.4 is 0 Å². The van der Waals surface area contributed by atoms with Gasteiger partial charge in [0.1, 0.15) is 5.82 Å². The van der Waals surface area contributed by atoms with Crippen LogP contribution in [0.4, 0.5) is 4.39 Å². The lowest BCUT2D eigenvalue weighted by molar-refractivity contribution is 0.172. The molecule has 1 fully saturated rings. The molecule has 1 saturated heterocycles. The highest BCUT2D eigenvalue weighted by atomic mass is 19.1. The summed E-state index contributed by atoms with van der Waals surface area (Å²) < 4.78 is 14.9. The number of halogens is 1. The Kier molecular flexibility index (Phi) is 3.80. The predicted molar refractivity (Wildman–Crippen MR) is 73.6 cm³/mol. The van der Waals surface area contributed by atoms with Crippen molar-refractivity contribution < 1.29 is 9.50 Å². The van der Waals surface area contributed by atoms with E-state index >= 15 is 0 Å². The number of rotatable bonds is 4. The van der Waals surface area contributed by atoms with Gasteiger partial charge in [-0.05, 0) is 30.2 Å². The summed E-state index contributed by atoms with van der Waals surface area (Å²) in [6.07, 6.45) is 4.07. The highest BCUT2D eigenvalue weighted by Gasteiger charge is 2.31. The molecule has 5 heteroatoms. The maximum Gasteiger partial charge on any atom is 0.123 e. The summed E-state index contributed by atoms with van der Waals surface area (Å²) in [7, 11) is 0. The summed E-state index contributed by atoms with van der Waals surface area (Å²) >= 11 is 0. The maximum atomic E-state index is 13.0. The van der Waals surface area contributed by atoms with E-state index in [9.17, 15) is 9.50 Å². The van der Waals surface area contributed by atoms with Crippen molar-refractivity contribution in [1.29, 1.82) is 0 Å². The van der Waals surface area contributed by atoms with E-state index in [0.717, 1.165) is 18.7 Å². The van der Waals surface area contributed by atoms with Crippen LogP contribution in [0, 0.1) is 5.82 Å². The van der Waals surface area contributed by atoms with Crippen molar-refractivity contribution in [3.05, 3.63) is 54.1 Å². The number of β-amino-alcohol motifs (C(OH)–C–C–N with tert-alkyl or cyclic N) is 1. The van der Waals surface area contributed by atoms with Crippen LogP contribution in [-0.4, -0.2) is 39.0 Å². The second-order valence-electron chi connectivity index (χ2n) is 5.22. The number of hydrogen-bond acceptors (Lipinski definition) is 3. The second-order valence-corrected chi connectivity index (χ2v) is 5.22. The Morgan fingerprint density at radius 1 is 1.25 bits per heavy atom. The minimum atomic E-state index is -0.317. The van der Waals surface area contributed by atoms with Crippen molar-refractivity contribution in [2.75, 3.05) is 13.1 Å². The van der Waals surface area contributed by atoms with Gasteiger partial charge in [0, 0.05) is 31.5 Å². The second kappa shape index (κ2) is 5.73. The molecule has 1 N–H and O–H groups in total. The summed E-state index contributed by atoms with van der Waals surface area (Å²) in [6, 6.07) is 8.62. The number of benzene rings is 1. The first-order valence-electron chi connectivity index (χ1n) is 6.87. The third-order valence-corrected chi connectivity index (χ3v) is 3.81. The molecule has 1 aliphatic rings. The molecule has 106 valence electrons. The fraction of sp³-hybridized carbons (Fsp3) is 0.400. The van der Waals surface area contributed by atoms with Gasteiger partial charge < -0.3 is 5.11 Å². The zero-order valence-corrected chi connectivity index (χ0v) is 11.2. The van der Waals surface area contributed by atoms with E-state index in [1.807, 2.05) is 16.9 Å². The molecule has 20 heavy (non-hydrogen) atoms. The summed E-state index contributed by atoms with van der Waals surface area (Å²) in [5.41, 5.74) is 1.06. The average Bonchev–Trinajstić information content (AvgIpc) is 3.06. The molecule has 1 aromatic heterocycles. The smallest absolute Gasteiger partial charge is 0.123 e. The molecule has 0 spiro atoms. The predicted octanol–water partition coefficient (Wildman–Crippen LogP) is 1.83. The molecular formula is C15H18FN3O. The molecule has 0 saturated carbocycles. The highest BCUT2D eigenvalue weighted by molar-refractivity contribution is 5.21. The standard InChI is InChI=1S/C15H18FN3O/c16-13-4-2-12(3-5-13)15-10-14(20)11-18(15)8-9-19-7-1-6-17-19/h1-7,14-15,20H,8-11H2/t14-,15+/m1/s1.